The Kier molecular flexibility index (Phi) is 5.74. The number of hydrogen-bond acceptors (Lipinski definition) is 5. The number of aromatic hydroxyl groups is 1. The highest BCUT2D eigenvalue weighted by Gasteiger charge is 2.22. The number of carbonyl (C=O) groups is 1. The van der Waals surface area contributed by atoms with Crippen LogP contribution in [0.4, 0.5) is 11.4 Å². The van der Waals surface area contributed by atoms with Gasteiger partial charge < -0.3 is 20.2 Å². The number of H-pyrrole nitrogens is 1. The van der Waals surface area contributed by atoms with E-state index in [1.165, 1.54) is 25.7 Å². The Morgan fingerprint density at radius 3 is 2.59 bits per heavy atom. The minimum atomic E-state index is -0.229. The zero-order valence-corrected chi connectivity index (χ0v) is 18.6. The molecular weight excluding hydrogens is 402 g/mol. The summed E-state index contributed by atoms with van der Waals surface area (Å²) in [4.78, 5) is 17.2. The van der Waals surface area contributed by atoms with Crippen LogP contribution in [0.3, 0.4) is 0 Å². The standard InChI is InChI=1S/C25H31N5O2/c1-29(18-6-8-19(9-7-18)30-12-10-26-11-13-30)25(32)21-15-20-22(14-17-4-2-3-5-17)27-28-23(20)16-24(21)31/h6-9,15-17,26,31H,2-5,10-14H2,1H3,(H,27,28). The summed E-state index contributed by atoms with van der Waals surface area (Å²) in [5, 5.41) is 22.4. The molecule has 2 aromatic carbocycles. The van der Waals surface area contributed by atoms with E-state index in [1.54, 1.807) is 24.1 Å². The second-order valence-corrected chi connectivity index (χ2v) is 9.06. The van der Waals surface area contributed by atoms with Gasteiger partial charge in [0.15, 0.2) is 0 Å². The van der Waals surface area contributed by atoms with Gasteiger partial charge in [-0.15, -0.1) is 0 Å². The van der Waals surface area contributed by atoms with Crippen molar-refractivity contribution in [2.45, 2.75) is 32.1 Å². The monoisotopic (exact) mass is 433 g/mol. The Morgan fingerprint density at radius 2 is 1.88 bits per heavy atom. The van der Waals surface area contributed by atoms with Crippen LogP contribution in [0, 0.1) is 5.92 Å². The molecule has 0 bridgehead atoms. The van der Waals surface area contributed by atoms with Crippen LogP contribution in [0.25, 0.3) is 10.9 Å². The zero-order valence-electron chi connectivity index (χ0n) is 18.6. The van der Waals surface area contributed by atoms with Crippen LogP contribution < -0.4 is 15.1 Å². The molecule has 168 valence electrons. The van der Waals surface area contributed by atoms with Crippen molar-refractivity contribution >= 4 is 28.2 Å². The molecule has 0 spiro atoms. The van der Waals surface area contributed by atoms with Gasteiger partial charge in [0, 0.05) is 61.7 Å². The third-order valence-corrected chi connectivity index (χ3v) is 6.97. The third kappa shape index (κ3) is 4.05. The summed E-state index contributed by atoms with van der Waals surface area (Å²) in [7, 11) is 1.75. The molecule has 1 aliphatic carbocycles. The summed E-state index contributed by atoms with van der Waals surface area (Å²) in [6.07, 6.45) is 6.02. The second-order valence-electron chi connectivity index (χ2n) is 9.06. The number of phenols is 1. The highest BCUT2D eigenvalue weighted by atomic mass is 16.3. The Bertz CT molecular complexity index is 1100. The Labute approximate surface area is 188 Å². The lowest BCUT2D eigenvalue weighted by Gasteiger charge is -2.29. The van der Waals surface area contributed by atoms with Gasteiger partial charge in [-0.25, -0.2) is 0 Å². The topological polar surface area (TPSA) is 84.5 Å². The van der Waals surface area contributed by atoms with E-state index in [-0.39, 0.29) is 11.7 Å². The van der Waals surface area contributed by atoms with Crippen LogP contribution in [0.5, 0.6) is 5.75 Å². The number of piperazine rings is 1. The van der Waals surface area contributed by atoms with Crippen LogP contribution in [0.15, 0.2) is 36.4 Å². The molecule has 0 atom stereocenters. The molecule has 5 rings (SSSR count). The maximum absolute atomic E-state index is 13.3. The summed E-state index contributed by atoms with van der Waals surface area (Å²) in [5.74, 6) is 0.404. The van der Waals surface area contributed by atoms with E-state index in [0.29, 0.717) is 17.0 Å². The smallest absolute Gasteiger partial charge is 0.261 e. The number of rotatable bonds is 5. The summed E-state index contributed by atoms with van der Waals surface area (Å²) in [5.41, 5.74) is 4.03. The predicted molar refractivity (Wildman–Crippen MR) is 128 cm³/mol. The molecule has 2 aliphatic rings. The van der Waals surface area contributed by atoms with Crippen molar-refractivity contribution in [3.05, 3.63) is 47.7 Å². The zero-order chi connectivity index (χ0) is 22.1. The first-order valence-electron chi connectivity index (χ1n) is 11.6. The molecule has 1 saturated carbocycles. The van der Waals surface area contributed by atoms with Crippen molar-refractivity contribution < 1.29 is 9.90 Å². The predicted octanol–water partition coefficient (Wildman–Crippen LogP) is 3.69. The molecule has 1 saturated heterocycles. The van der Waals surface area contributed by atoms with Gasteiger partial charge in [0.1, 0.15) is 5.75 Å². The number of hydrogen-bond donors (Lipinski definition) is 3. The molecule has 2 fully saturated rings. The SMILES string of the molecule is CN(C(=O)c1cc2c(CC3CCCC3)[nH]nc2cc1O)c1ccc(N2CCNCC2)cc1. The molecule has 3 N–H and O–H groups in total. The fraction of sp³-hybridized carbons (Fsp3) is 0.440. The van der Waals surface area contributed by atoms with Gasteiger partial charge >= 0.3 is 0 Å². The number of fused-ring (bicyclic) bond motifs is 1. The summed E-state index contributed by atoms with van der Waals surface area (Å²) in [6.45, 7) is 3.93. The van der Waals surface area contributed by atoms with Gasteiger partial charge in [0.25, 0.3) is 5.91 Å². The van der Waals surface area contributed by atoms with Crippen molar-refractivity contribution in [3.8, 4) is 5.75 Å². The largest absolute Gasteiger partial charge is 0.507 e. The fourth-order valence-corrected chi connectivity index (χ4v) is 5.04. The molecule has 7 heteroatoms. The Morgan fingerprint density at radius 1 is 1.16 bits per heavy atom. The molecule has 3 aromatic rings. The minimum Gasteiger partial charge on any atom is -0.507 e. The summed E-state index contributed by atoms with van der Waals surface area (Å²) < 4.78 is 0. The highest BCUT2D eigenvalue weighted by molar-refractivity contribution is 6.09. The molecular formula is C25H31N5O2. The van der Waals surface area contributed by atoms with Crippen LogP contribution in [-0.2, 0) is 6.42 Å². The highest BCUT2D eigenvalue weighted by Crippen LogP contribution is 2.32. The number of aromatic nitrogens is 2. The maximum atomic E-state index is 13.3. The number of carbonyl (C=O) groups excluding carboxylic acids is 1. The summed E-state index contributed by atoms with van der Waals surface area (Å²) >= 11 is 0. The molecule has 32 heavy (non-hydrogen) atoms. The summed E-state index contributed by atoms with van der Waals surface area (Å²) in [6, 6.07) is 11.4. The van der Waals surface area contributed by atoms with Gasteiger partial charge in [-0.3, -0.25) is 9.89 Å². The average molecular weight is 434 g/mol. The van der Waals surface area contributed by atoms with Gasteiger partial charge in [0.2, 0.25) is 0 Å². The fourth-order valence-electron chi connectivity index (χ4n) is 5.04. The van der Waals surface area contributed by atoms with Crippen molar-refractivity contribution in [2.75, 3.05) is 43.0 Å². The lowest BCUT2D eigenvalue weighted by Crippen LogP contribution is -2.43. The number of benzene rings is 2. The molecule has 1 aromatic heterocycles. The average Bonchev–Trinajstić information content (AvgIpc) is 3.48. The molecule has 0 unspecified atom stereocenters. The normalized spacial score (nSPS) is 17.2. The first-order valence-corrected chi connectivity index (χ1v) is 11.6. The van der Waals surface area contributed by atoms with Crippen LogP contribution in [0.2, 0.25) is 0 Å². The number of aromatic amines is 1. The van der Waals surface area contributed by atoms with E-state index < -0.39 is 0 Å². The Hall–Kier alpha value is -3.06. The van der Waals surface area contributed by atoms with Crippen LogP contribution >= 0.6 is 0 Å². The second kappa shape index (κ2) is 8.82. The number of phenolic OH excluding ortho intramolecular Hbond substituents is 1. The molecule has 2 heterocycles. The molecule has 1 amide bonds. The number of nitrogens with one attached hydrogen (secondary N) is 2. The third-order valence-electron chi connectivity index (χ3n) is 6.97. The lowest BCUT2D eigenvalue weighted by atomic mass is 9.99. The van der Waals surface area contributed by atoms with Gasteiger partial charge in [-0.2, -0.15) is 5.10 Å². The van der Waals surface area contributed by atoms with E-state index in [4.69, 9.17) is 0 Å². The maximum Gasteiger partial charge on any atom is 0.261 e. The van der Waals surface area contributed by atoms with E-state index in [9.17, 15) is 9.90 Å². The van der Waals surface area contributed by atoms with E-state index >= 15 is 0 Å². The van der Waals surface area contributed by atoms with Crippen molar-refractivity contribution in [2.24, 2.45) is 5.92 Å². The first-order chi connectivity index (χ1) is 15.6. The van der Waals surface area contributed by atoms with Gasteiger partial charge in [-0.05, 0) is 42.7 Å². The van der Waals surface area contributed by atoms with Gasteiger partial charge in [0.05, 0.1) is 11.1 Å². The first kappa shape index (κ1) is 20.8. The van der Waals surface area contributed by atoms with E-state index in [1.807, 2.05) is 12.1 Å². The van der Waals surface area contributed by atoms with Gasteiger partial charge in [-0.1, -0.05) is 25.7 Å². The number of amides is 1. The quantitative estimate of drug-likeness (QED) is 0.572. The van der Waals surface area contributed by atoms with Crippen LogP contribution in [-0.4, -0.2) is 54.4 Å². The molecule has 0 radical (unpaired) electrons. The molecule has 7 nitrogen and oxygen atoms in total. The molecule has 1 aliphatic heterocycles. The van der Waals surface area contributed by atoms with Crippen molar-refractivity contribution in [3.63, 3.8) is 0 Å². The minimum absolute atomic E-state index is 0.0364. The van der Waals surface area contributed by atoms with Crippen molar-refractivity contribution in [1.29, 1.82) is 0 Å². The van der Waals surface area contributed by atoms with Crippen molar-refractivity contribution in [1.82, 2.24) is 15.5 Å². The lowest BCUT2D eigenvalue weighted by molar-refractivity contribution is 0.0990. The number of anilines is 2. The van der Waals surface area contributed by atoms with E-state index in [0.717, 1.165) is 55.1 Å². The van der Waals surface area contributed by atoms with E-state index in [2.05, 4.69) is 32.5 Å². The number of nitrogens with zero attached hydrogens (tertiary/aromatic N) is 3. The Balaban J connectivity index is 1.37. The van der Waals surface area contributed by atoms with Crippen LogP contribution in [0.1, 0.15) is 41.7 Å².